The molecule has 1 fully saturated rings. The summed E-state index contributed by atoms with van der Waals surface area (Å²) in [5, 5.41) is 12.5. The molecule has 35 heavy (non-hydrogen) atoms. The number of alkyl carbamates (subject to hydrolysis) is 1. The number of benzene rings is 2. The van der Waals surface area contributed by atoms with Gasteiger partial charge in [0.1, 0.15) is 16.5 Å². The summed E-state index contributed by atoms with van der Waals surface area (Å²) >= 11 is 1.11. The van der Waals surface area contributed by atoms with Crippen LogP contribution in [0.5, 0.6) is 0 Å². The summed E-state index contributed by atoms with van der Waals surface area (Å²) < 4.78 is 10.7. The van der Waals surface area contributed by atoms with E-state index in [1.54, 1.807) is 0 Å². The minimum Gasteiger partial charge on any atom is -0.480 e. The van der Waals surface area contributed by atoms with Crippen LogP contribution in [0.25, 0.3) is 11.1 Å². The molecule has 2 aromatic carbocycles. The first kappa shape index (κ1) is 23.0. The molecule has 10 heteroatoms. The number of aromatic nitrogens is 1. The Kier molecular flexibility index (Phi) is 6.47. The highest BCUT2D eigenvalue weighted by atomic mass is 32.1. The smallest absolute Gasteiger partial charge is 0.407 e. The fourth-order valence-corrected chi connectivity index (χ4v) is 5.29. The summed E-state index contributed by atoms with van der Waals surface area (Å²) in [7, 11) is 0. The molecule has 3 aromatic rings. The van der Waals surface area contributed by atoms with E-state index in [0.29, 0.717) is 9.88 Å². The molecule has 1 aliphatic carbocycles. The molecule has 2 heterocycles. The van der Waals surface area contributed by atoms with Gasteiger partial charge in [0, 0.05) is 12.5 Å². The number of morpholine rings is 1. The number of carboxylic acid groups (broad SMARTS) is 1. The third kappa shape index (κ3) is 4.62. The lowest BCUT2D eigenvalue weighted by Crippen LogP contribution is -2.52. The molecule has 2 N–H and O–H groups in total. The van der Waals surface area contributed by atoms with Crippen molar-refractivity contribution in [3.8, 4) is 11.1 Å². The average molecular weight is 494 g/mol. The molecule has 2 aliphatic rings. The van der Waals surface area contributed by atoms with Gasteiger partial charge in [0.2, 0.25) is 0 Å². The van der Waals surface area contributed by atoms with Crippen molar-refractivity contribution in [2.45, 2.75) is 18.5 Å². The first-order valence-corrected chi connectivity index (χ1v) is 12.0. The number of hydrogen-bond donors (Lipinski definition) is 2. The Hall–Kier alpha value is -3.76. The normalized spacial score (nSPS) is 16.9. The van der Waals surface area contributed by atoms with E-state index in [2.05, 4.69) is 34.6 Å². The number of carboxylic acids is 1. The van der Waals surface area contributed by atoms with E-state index in [9.17, 15) is 19.5 Å². The summed E-state index contributed by atoms with van der Waals surface area (Å²) in [5.74, 6) is -1.56. The van der Waals surface area contributed by atoms with Crippen molar-refractivity contribution in [2.75, 3.05) is 26.4 Å². The van der Waals surface area contributed by atoms with Gasteiger partial charge in [-0.25, -0.2) is 14.6 Å². The number of hydrogen-bond acceptors (Lipinski definition) is 7. The first-order valence-electron chi connectivity index (χ1n) is 11.2. The molecule has 1 aromatic heterocycles. The largest absolute Gasteiger partial charge is 0.480 e. The van der Waals surface area contributed by atoms with Crippen molar-refractivity contribution >= 4 is 29.3 Å². The van der Waals surface area contributed by atoms with Crippen molar-refractivity contribution in [3.05, 3.63) is 75.7 Å². The van der Waals surface area contributed by atoms with Crippen molar-refractivity contribution in [1.82, 2.24) is 15.2 Å². The van der Waals surface area contributed by atoms with E-state index in [4.69, 9.17) is 9.47 Å². The molecule has 1 saturated heterocycles. The maximum atomic E-state index is 12.8. The number of aliphatic carboxylic acids is 1. The highest BCUT2D eigenvalue weighted by molar-refractivity contribution is 7.13. The van der Waals surface area contributed by atoms with E-state index in [1.807, 2.05) is 24.3 Å². The lowest BCUT2D eigenvalue weighted by molar-refractivity contribution is -0.147. The van der Waals surface area contributed by atoms with Gasteiger partial charge < -0.3 is 24.8 Å². The quantitative estimate of drug-likeness (QED) is 0.542. The zero-order valence-electron chi connectivity index (χ0n) is 18.7. The summed E-state index contributed by atoms with van der Waals surface area (Å²) in [4.78, 5) is 42.4. The van der Waals surface area contributed by atoms with Crippen LogP contribution in [0.1, 0.15) is 31.7 Å². The van der Waals surface area contributed by atoms with Gasteiger partial charge in [-0.1, -0.05) is 48.5 Å². The molecule has 9 nitrogen and oxygen atoms in total. The standard InChI is InChI=1S/C25H23N3O6S/c29-23(28-9-10-33-14-20(28)24(30)31)21-11-26-22(35-21)12-27-25(32)34-13-19-17-7-3-1-5-15(17)16-6-2-4-8-18(16)19/h1-8,11,19-20H,9-10,12-14H2,(H,27,32)(H,30,31). The van der Waals surface area contributed by atoms with Crippen molar-refractivity contribution in [1.29, 1.82) is 0 Å². The van der Waals surface area contributed by atoms with Crippen molar-refractivity contribution in [3.63, 3.8) is 0 Å². The van der Waals surface area contributed by atoms with E-state index in [0.717, 1.165) is 33.6 Å². The van der Waals surface area contributed by atoms with Gasteiger partial charge in [-0.15, -0.1) is 11.3 Å². The molecular weight excluding hydrogens is 470 g/mol. The first-order chi connectivity index (χ1) is 17.0. The number of nitrogens with one attached hydrogen (secondary N) is 1. The van der Waals surface area contributed by atoms with Gasteiger partial charge in [-0.05, 0) is 22.3 Å². The van der Waals surface area contributed by atoms with E-state index in [1.165, 1.54) is 11.1 Å². The highest BCUT2D eigenvalue weighted by Gasteiger charge is 2.34. The van der Waals surface area contributed by atoms with E-state index in [-0.39, 0.29) is 38.8 Å². The zero-order chi connectivity index (χ0) is 24.4. The minimum atomic E-state index is -1.11. The number of rotatable bonds is 6. The van der Waals surface area contributed by atoms with Crippen LogP contribution in [0.4, 0.5) is 4.79 Å². The number of carbonyl (C=O) groups excluding carboxylic acids is 2. The molecule has 0 saturated carbocycles. The Morgan fingerprint density at radius 1 is 1.11 bits per heavy atom. The third-order valence-electron chi connectivity index (χ3n) is 6.17. The number of nitrogens with zero attached hydrogens (tertiary/aromatic N) is 2. The minimum absolute atomic E-state index is 0.0343. The van der Waals surface area contributed by atoms with Crippen LogP contribution in [0, 0.1) is 0 Å². The molecule has 0 spiro atoms. The fourth-order valence-electron chi connectivity index (χ4n) is 4.48. The van der Waals surface area contributed by atoms with Gasteiger partial charge in [0.15, 0.2) is 6.04 Å². The fraction of sp³-hybridized carbons (Fsp3) is 0.280. The second-order valence-electron chi connectivity index (χ2n) is 8.22. The molecule has 5 rings (SSSR count). The second kappa shape index (κ2) is 9.85. The van der Waals surface area contributed by atoms with Crippen LogP contribution in [0.2, 0.25) is 0 Å². The van der Waals surface area contributed by atoms with Gasteiger partial charge in [0.25, 0.3) is 5.91 Å². The Morgan fingerprint density at radius 2 is 1.80 bits per heavy atom. The molecule has 180 valence electrons. The lowest BCUT2D eigenvalue weighted by atomic mass is 9.98. The van der Waals surface area contributed by atoms with Crippen LogP contribution in [0.3, 0.4) is 0 Å². The Morgan fingerprint density at radius 3 is 2.49 bits per heavy atom. The van der Waals surface area contributed by atoms with Crippen LogP contribution in [-0.4, -0.2) is 65.4 Å². The van der Waals surface area contributed by atoms with E-state index < -0.39 is 24.0 Å². The van der Waals surface area contributed by atoms with Gasteiger partial charge in [-0.3, -0.25) is 4.79 Å². The van der Waals surface area contributed by atoms with Crippen LogP contribution in [0.15, 0.2) is 54.7 Å². The van der Waals surface area contributed by atoms with E-state index >= 15 is 0 Å². The lowest BCUT2D eigenvalue weighted by Gasteiger charge is -2.32. The summed E-state index contributed by atoms with van der Waals surface area (Å²) in [6, 6.07) is 15.2. The van der Waals surface area contributed by atoms with Crippen molar-refractivity contribution < 1.29 is 29.0 Å². The topological polar surface area (TPSA) is 118 Å². The molecule has 2 amide bonds. The maximum Gasteiger partial charge on any atom is 0.407 e. The van der Waals surface area contributed by atoms with Crippen molar-refractivity contribution in [2.24, 2.45) is 0 Å². The molecule has 1 unspecified atom stereocenters. The SMILES string of the molecule is O=C(NCc1ncc(C(=O)N2CCOCC2C(=O)O)s1)OCC1c2ccccc2-c2ccccc21. The summed E-state index contributed by atoms with van der Waals surface area (Å²) in [5.41, 5.74) is 4.57. The van der Waals surface area contributed by atoms with Crippen LogP contribution >= 0.6 is 11.3 Å². The summed E-state index contributed by atoms with van der Waals surface area (Å²) in [6.45, 7) is 0.733. The number of amides is 2. The number of ether oxygens (including phenoxy) is 2. The molecule has 0 radical (unpaired) electrons. The molecule has 0 bridgehead atoms. The van der Waals surface area contributed by atoms with Gasteiger partial charge >= 0.3 is 12.1 Å². The monoisotopic (exact) mass is 493 g/mol. The van der Waals surface area contributed by atoms with Crippen LogP contribution in [-0.2, 0) is 20.8 Å². The predicted octanol–water partition coefficient (Wildman–Crippen LogP) is 3.11. The maximum absolute atomic E-state index is 12.8. The highest BCUT2D eigenvalue weighted by Crippen LogP contribution is 2.44. The van der Waals surface area contributed by atoms with Gasteiger partial charge in [-0.2, -0.15) is 0 Å². The molecule has 1 aliphatic heterocycles. The van der Waals surface area contributed by atoms with Gasteiger partial charge in [0.05, 0.1) is 26.0 Å². The number of fused-ring (bicyclic) bond motifs is 3. The molecule has 1 atom stereocenters. The number of thiazole rings is 1. The Balaban J connectivity index is 1.17. The summed E-state index contributed by atoms with van der Waals surface area (Å²) in [6.07, 6.45) is 0.824. The Labute approximate surface area is 205 Å². The Bertz CT molecular complexity index is 1230. The number of carbonyl (C=O) groups is 3. The predicted molar refractivity (Wildman–Crippen MR) is 127 cm³/mol. The average Bonchev–Trinajstić information content (AvgIpc) is 3.49. The van der Waals surface area contributed by atoms with Crippen LogP contribution < -0.4 is 5.32 Å². The zero-order valence-corrected chi connectivity index (χ0v) is 19.5. The second-order valence-corrected chi connectivity index (χ2v) is 9.34. The third-order valence-corrected chi connectivity index (χ3v) is 7.15. The molecular formula is C25H23N3O6S.